The second-order valence-electron chi connectivity index (χ2n) is 9.34. The molecule has 8 nitrogen and oxygen atoms in total. The van der Waals surface area contributed by atoms with Crippen molar-refractivity contribution in [3.63, 3.8) is 0 Å². The van der Waals surface area contributed by atoms with Crippen LogP contribution in [0, 0.1) is 0 Å². The van der Waals surface area contributed by atoms with Gasteiger partial charge in [0.15, 0.2) is 0 Å². The molecule has 4 amide bonds. The molecular formula is C26H28N4O4S. The van der Waals surface area contributed by atoms with Crippen LogP contribution in [0.25, 0.3) is 10.2 Å². The molecule has 3 aromatic rings. The number of piperidine rings is 1. The van der Waals surface area contributed by atoms with E-state index in [9.17, 15) is 14.4 Å². The highest BCUT2D eigenvalue weighted by atomic mass is 32.1. The van der Waals surface area contributed by atoms with E-state index in [1.807, 2.05) is 42.5 Å². The van der Waals surface area contributed by atoms with Gasteiger partial charge in [0.25, 0.3) is 5.91 Å². The van der Waals surface area contributed by atoms with Gasteiger partial charge in [0, 0.05) is 25.4 Å². The Morgan fingerprint density at radius 1 is 1.20 bits per heavy atom. The Morgan fingerprint density at radius 3 is 2.77 bits per heavy atom. The minimum Gasteiger partial charge on any atom is -0.496 e. The van der Waals surface area contributed by atoms with Gasteiger partial charge in [0.1, 0.15) is 17.8 Å². The molecule has 2 aliphatic heterocycles. The van der Waals surface area contributed by atoms with E-state index in [0.29, 0.717) is 18.8 Å². The van der Waals surface area contributed by atoms with Crippen LogP contribution < -0.4 is 10.1 Å². The van der Waals surface area contributed by atoms with Crippen molar-refractivity contribution in [2.75, 3.05) is 26.7 Å². The van der Waals surface area contributed by atoms with Gasteiger partial charge in [-0.25, -0.2) is 9.78 Å². The molecule has 2 atom stereocenters. The Bertz CT molecular complexity index is 1260. The molecule has 35 heavy (non-hydrogen) atoms. The van der Waals surface area contributed by atoms with E-state index in [4.69, 9.17) is 9.72 Å². The summed E-state index contributed by atoms with van der Waals surface area (Å²) in [6, 6.07) is 14.9. The minimum absolute atomic E-state index is 0.156. The van der Waals surface area contributed by atoms with E-state index in [1.54, 1.807) is 30.3 Å². The number of aromatic nitrogens is 1. The first-order valence-electron chi connectivity index (χ1n) is 11.8. The highest BCUT2D eigenvalue weighted by Crippen LogP contribution is 2.33. The largest absolute Gasteiger partial charge is 0.496 e. The monoisotopic (exact) mass is 492 g/mol. The van der Waals surface area contributed by atoms with Gasteiger partial charge >= 0.3 is 6.03 Å². The zero-order valence-electron chi connectivity index (χ0n) is 19.8. The first kappa shape index (κ1) is 23.3. The Kier molecular flexibility index (Phi) is 6.19. The average Bonchev–Trinajstić information content (AvgIpc) is 3.39. The fourth-order valence-electron chi connectivity index (χ4n) is 4.95. The van der Waals surface area contributed by atoms with Crippen molar-refractivity contribution in [1.82, 2.24) is 20.1 Å². The molecule has 5 rings (SSSR count). The lowest BCUT2D eigenvalue weighted by Gasteiger charge is -2.32. The van der Waals surface area contributed by atoms with Crippen LogP contribution in [0.5, 0.6) is 5.75 Å². The van der Waals surface area contributed by atoms with Crippen molar-refractivity contribution in [3.8, 4) is 5.75 Å². The molecule has 0 bridgehead atoms. The van der Waals surface area contributed by atoms with Crippen LogP contribution in [0.1, 0.15) is 36.3 Å². The van der Waals surface area contributed by atoms with E-state index in [1.165, 1.54) is 0 Å². The molecule has 2 fully saturated rings. The number of urea groups is 1. The SMILES string of the molecule is COc1ccccc1C[C@@]1(C)NC(=O)N(CC(=O)N2CCC[C@H](c3nc4ccccc4s3)C2)C1=O. The fraction of sp³-hybridized carbons (Fsp3) is 0.385. The third-order valence-corrected chi connectivity index (χ3v) is 8.01. The first-order chi connectivity index (χ1) is 16.9. The number of carbonyl (C=O) groups excluding carboxylic acids is 3. The van der Waals surface area contributed by atoms with E-state index in [-0.39, 0.29) is 24.8 Å². The maximum Gasteiger partial charge on any atom is 0.325 e. The summed E-state index contributed by atoms with van der Waals surface area (Å²) in [5.41, 5.74) is 0.649. The van der Waals surface area contributed by atoms with Crippen LogP contribution in [0.4, 0.5) is 4.79 Å². The molecule has 2 aliphatic rings. The average molecular weight is 493 g/mol. The Balaban J connectivity index is 1.26. The molecule has 3 heterocycles. The smallest absolute Gasteiger partial charge is 0.325 e. The number of carbonyl (C=O) groups is 3. The number of methoxy groups -OCH3 is 1. The predicted molar refractivity (Wildman–Crippen MR) is 134 cm³/mol. The summed E-state index contributed by atoms with van der Waals surface area (Å²) in [7, 11) is 1.57. The summed E-state index contributed by atoms with van der Waals surface area (Å²) in [5, 5.41) is 3.82. The molecule has 0 unspecified atom stereocenters. The van der Waals surface area contributed by atoms with Crippen molar-refractivity contribution in [3.05, 3.63) is 59.1 Å². The molecular weight excluding hydrogens is 464 g/mol. The summed E-state index contributed by atoms with van der Waals surface area (Å²) in [4.78, 5) is 46.8. The number of fused-ring (bicyclic) bond motifs is 1. The van der Waals surface area contributed by atoms with Gasteiger partial charge in [0.05, 0.1) is 22.3 Å². The number of imide groups is 1. The third-order valence-electron chi connectivity index (χ3n) is 6.81. The molecule has 9 heteroatoms. The minimum atomic E-state index is -1.14. The maximum absolute atomic E-state index is 13.3. The van der Waals surface area contributed by atoms with Crippen molar-refractivity contribution >= 4 is 39.4 Å². The quantitative estimate of drug-likeness (QED) is 0.531. The molecule has 2 aromatic carbocycles. The number of nitrogens with zero attached hydrogens (tertiary/aromatic N) is 3. The predicted octanol–water partition coefficient (Wildman–Crippen LogP) is 3.56. The van der Waals surface area contributed by atoms with Gasteiger partial charge in [-0.05, 0) is 43.5 Å². The number of thiazole rings is 1. The number of hydrogen-bond acceptors (Lipinski definition) is 6. The van der Waals surface area contributed by atoms with Crippen molar-refractivity contribution in [1.29, 1.82) is 0 Å². The fourth-order valence-corrected chi connectivity index (χ4v) is 6.04. The number of hydrogen-bond donors (Lipinski definition) is 1. The van der Waals surface area contributed by atoms with Gasteiger partial charge in [0.2, 0.25) is 5.91 Å². The second kappa shape index (κ2) is 9.30. The van der Waals surface area contributed by atoms with Gasteiger partial charge in [-0.2, -0.15) is 0 Å². The standard InChI is InChI=1S/C26H28N4O4S/c1-26(14-17-8-3-5-11-20(17)34-2)24(32)30(25(33)28-26)16-22(31)29-13-7-9-18(15-29)23-27-19-10-4-6-12-21(19)35-23/h3-6,8,10-12,18H,7,9,13-16H2,1-2H3,(H,28,33)/t18-,26+/m0/s1. The highest BCUT2D eigenvalue weighted by Gasteiger charge is 2.49. The number of likely N-dealkylation sites (tertiary alicyclic amines) is 1. The lowest BCUT2D eigenvalue weighted by molar-refractivity contribution is -0.139. The van der Waals surface area contributed by atoms with Gasteiger partial charge in [-0.15, -0.1) is 11.3 Å². The summed E-state index contributed by atoms with van der Waals surface area (Å²) in [6.45, 7) is 2.58. The van der Waals surface area contributed by atoms with E-state index in [0.717, 1.165) is 38.5 Å². The van der Waals surface area contributed by atoms with Crippen LogP contribution in [0.2, 0.25) is 0 Å². The Labute approximate surface area is 207 Å². The van der Waals surface area contributed by atoms with Gasteiger partial charge < -0.3 is 15.0 Å². The van der Waals surface area contributed by atoms with Gasteiger partial charge in [-0.1, -0.05) is 30.3 Å². The zero-order valence-corrected chi connectivity index (χ0v) is 20.6. The second-order valence-corrected chi connectivity index (χ2v) is 10.4. The van der Waals surface area contributed by atoms with Crippen molar-refractivity contribution in [2.24, 2.45) is 0 Å². The molecule has 182 valence electrons. The first-order valence-corrected chi connectivity index (χ1v) is 12.6. The maximum atomic E-state index is 13.3. The topological polar surface area (TPSA) is 91.8 Å². The number of benzene rings is 2. The number of rotatable bonds is 6. The van der Waals surface area contributed by atoms with E-state index in [2.05, 4.69) is 11.4 Å². The summed E-state index contributed by atoms with van der Waals surface area (Å²) in [5.74, 6) is 0.186. The van der Waals surface area contributed by atoms with Crippen LogP contribution in [-0.2, 0) is 16.0 Å². The molecule has 1 N–H and O–H groups in total. The summed E-state index contributed by atoms with van der Waals surface area (Å²) < 4.78 is 6.54. The van der Waals surface area contributed by atoms with E-state index < -0.39 is 17.5 Å². The Hall–Kier alpha value is -3.46. The normalized spacial score (nSPS) is 22.5. The lowest BCUT2D eigenvalue weighted by Crippen LogP contribution is -2.48. The number of amides is 4. The van der Waals surface area contributed by atoms with Crippen LogP contribution in [0.3, 0.4) is 0 Å². The molecule has 2 saturated heterocycles. The van der Waals surface area contributed by atoms with E-state index >= 15 is 0 Å². The van der Waals surface area contributed by atoms with Crippen LogP contribution in [-0.4, -0.2) is 64.9 Å². The summed E-state index contributed by atoms with van der Waals surface area (Å²) in [6.07, 6.45) is 2.09. The Morgan fingerprint density at radius 2 is 1.97 bits per heavy atom. The molecule has 0 spiro atoms. The molecule has 0 aliphatic carbocycles. The van der Waals surface area contributed by atoms with Crippen LogP contribution in [0.15, 0.2) is 48.5 Å². The number of nitrogens with one attached hydrogen (secondary N) is 1. The molecule has 0 radical (unpaired) electrons. The number of para-hydroxylation sites is 2. The highest BCUT2D eigenvalue weighted by molar-refractivity contribution is 7.18. The lowest BCUT2D eigenvalue weighted by atomic mass is 9.92. The molecule has 1 aromatic heterocycles. The van der Waals surface area contributed by atoms with Crippen molar-refractivity contribution < 1.29 is 19.1 Å². The van der Waals surface area contributed by atoms with Gasteiger partial charge in [-0.3, -0.25) is 14.5 Å². The zero-order chi connectivity index (χ0) is 24.6. The summed E-state index contributed by atoms with van der Waals surface area (Å²) >= 11 is 1.67. The van der Waals surface area contributed by atoms with Crippen molar-refractivity contribution in [2.45, 2.75) is 37.6 Å². The molecule has 0 saturated carbocycles. The number of ether oxygens (including phenoxy) is 1. The van der Waals surface area contributed by atoms with Crippen LogP contribution >= 0.6 is 11.3 Å². The third kappa shape index (κ3) is 4.48.